The van der Waals surface area contributed by atoms with Gasteiger partial charge in [-0.05, 0) is 24.1 Å². The van der Waals surface area contributed by atoms with E-state index in [1.807, 2.05) is 6.92 Å². The lowest BCUT2D eigenvalue weighted by molar-refractivity contribution is -0.385. The lowest BCUT2D eigenvalue weighted by Crippen LogP contribution is -2.02. The fourth-order valence-electron chi connectivity index (χ4n) is 1.15. The fraction of sp³-hybridized carbons (Fsp3) is 0.250. The average Bonchev–Trinajstić information content (AvgIpc) is 2.35. The molecule has 0 unspecified atom stereocenters. The summed E-state index contributed by atoms with van der Waals surface area (Å²) in [5, 5.41) is 10.8. The smallest absolute Gasteiger partial charge is 0.311 e. The van der Waals surface area contributed by atoms with E-state index < -0.39 is 4.92 Å². The molecular formula is C12H13NO4. The second-order valence-electron chi connectivity index (χ2n) is 3.49. The quantitative estimate of drug-likeness (QED) is 0.329. The van der Waals surface area contributed by atoms with Crippen molar-refractivity contribution >= 4 is 12.0 Å². The molecule has 1 aromatic carbocycles. The van der Waals surface area contributed by atoms with E-state index in [9.17, 15) is 14.9 Å². The molecule has 0 aliphatic carbocycles. The lowest BCUT2D eigenvalue weighted by atomic mass is 10.2. The van der Waals surface area contributed by atoms with Crippen molar-refractivity contribution in [2.75, 3.05) is 6.61 Å². The predicted octanol–water partition coefficient (Wildman–Crippen LogP) is 2.75. The Morgan fingerprint density at radius 2 is 2.29 bits per heavy atom. The summed E-state index contributed by atoms with van der Waals surface area (Å²) in [7, 11) is 0. The Morgan fingerprint density at radius 1 is 1.59 bits per heavy atom. The van der Waals surface area contributed by atoms with E-state index in [1.165, 1.54) is 18.2 Å². The Morgan fingerprint density at radius 3 is 2.82 bits per heavy atom. The number of hydrogen-bond acceptors (Lipinski definition) is 4. The number of benzene rings is 1. The van der Waals surface area contributed by atoms with Crippen molar-refractivity contribution in [3.8, 4) is 5.75 Å². The van der Waals surface area contributed by atoms with Crippen LogP contribution in [0, 0.1) is 10.1 Å². The summed E-state index contributed by atoms with van der Waals surface area (Å²) < 4.78 is 5.29. The summed E-state index contributed by atoms with van der Waals surface area (Å²) >= 11 is 0. The van der Waals surface area contributed by atoms with Crippen molar-refractivity contribution in [2.24, 2.45) is 0 Å². The first-order chi connectivity index (χ1) is 8.08. The maximum absolute atomic E-state index is 10.8. The minimum absolute atomic E-state index is 0.148. The summed E-state index contributed by atoms with van der Waals surface area (Å²) in [4.78, 5) is 20.7. The lowest BCUT2D eigenvalue weighted by Gasteiger charge is -2.07. The van der Waals surface area contributed by atoms with Crippen LogP contribution in [0.15, 0.2) is 30.4 Å². The zero-order valence-corrected chi connectivity index (χ0v) is 9.51. The number of nitro groups is 1. The van der Waals surface area contributed by atoms with Gasteiger partial charge in [0.1, 0.15) is 12.9 Å². The number of carbonyl (C=O) groups excluding carboxylic acids is 1. The van der Waals surface area contributed by atoms with E-state index >= 15 is 0 Å². The van der Waals surface area contributed by atoms with Crippen LogP contribution in [0.5, 0.6) is 5.75 Å². The van der Waals surface area contributed by atoms with Gasteiger partial charge in [-0.1, -0.05) is 13.5 Å². The second kappa shape index (κ2) is 5.79. The Kier molecular flexibility index (Phi) is 4.39. The van der Waals surface area contributed by atoms with E-state index in [0.29, 0.717) is 6.29 Å². The van der Waals surface area contributed by atoms with Crippen LogP contribution < -0.4 is 4.74 Å². The highest BCUT2D eigenvalue weighted by molar-refractivity contribution is 5.77. The monoisotopic (exact) mass is 235 g/mol. The van der Waals surface area contributed by atoms with Crippen molar-refractivity contribution in [1.82, 2.24) is 0 Å². The molecule has 0 bridgehead atoms. The molecule has 17 heavy (non-hydrogen) atoms. The Bertz CT molecular complexity index is 454. The van der Waals surface area contributed by atoms with Gasteiger partial charge >= 0.3 is 5.69 Å². The summed E-state index contributed by atoms with van der Waals surface area (Å²) in [6.45, 7) is 5.91. The summed E-state index contributed by atoms with van der Waals surface area (Å²) in [6, 6.07) is 4.09. The number of hydrogen-bond donors (Lipinski definition) is 0. The number of nitro benzene ring substituents is 1. The molecule has 0 amide bonds. The molecule has 0 radical (unpaired) electrons. The third-order valence-electron chi connectivity index (χ3n) is 2.25. The van der Waals surface area contributed by atoms with E-state index in [4.69, 9.17) is 4.74 Å². The molecule has 0 N–H and O–H groups in total. The van der Waals surface area contributed by atoms with Gasteiger partial charge in [0.15, 0.2) is 5.75 Å². The SMILES string of the molecule is C=C(CC)COc1ccc(C=O)cc1[N+](=O)[O-]. The minimum Gasteiger partial charge on any atom is -0.482 e. The van der Waals surface area contributed by atoms with Gasteiger partial charge in [0.05, 0.1) is 4.92 Å². The molecule has 5 heteroatoms. The highest BCUT2D eigenvalue weighted by atomic mass is 16.6. The number of rotatable bonds is 6. The van der Waals surface area contributed by atoms with Crippen LogP contribution in [0.4, 0.5) is 5.69 Å². The maximum atomic E-state index is 10.8. The Labute approximate surface area is 98.9 Å². The van der Waals surface area contributed by atoms with E-state index in [0.717, 1.165) is 12.0 Å². The first kappa shape index (κ1) is 12.9. The normalized spacial score (nSPS) is 9.71. The van der Waals surface area contributed by atoms with Crippen LogP contribution in [0.3, 0.4) is 0 Å². The third kappa shape index (κ3) is 3.41. The molecule has 0 saturated heterocycles. The molecule has 0 heterocycles. The zero-order chi connectivity index (χ0) is 12.8. The van der Waals surface area contributed by atoms with Crippen molar-refractivity contribution < 1.29 is 14.5 Å². The highest BCUT2D eigenvalue weighted by Gasteiger charge is 2.15. The largest absolute Gasteiger partial charge is 0.482 e. The predicted molar refractivity (Wildman–Crippen MR) is 63.4 cm³/mol. The summed E-state index contributed by atoms with van der Waals surface area (Å²) in [5.74, 6) is 0.148. The van der Waals surface area contributed by atoms with Gasteiger partial charge in [-0.15, -0.1) is 0 Å². The molecule has 0 atom stereocenters. The Balaban J connectivity index is 2.94. The number of aldehydes is 1. The molecule has 0 aromatic heterocycles. The topological polar surface area (TPSA) is 69.4 Å². The van der Waals surface area contributed by atoms with Gasteiger partial charge < -0.3 is 4.74 Å². The molecule has 0 spiro atoms. The first-order valence-corrected chi connectivity index (χ1v) is 5.11. The summed E-state index contributed by atoms with van der Waals surface area (Å²) in [5.41, 5.74) is 0.885. The van der Waals surface area contributed by atoms with Gasteiger partial charge in [0, 0.05) is 11.6 Å². The standard InChI is InChI=1S/C12H13NO4/c1-3-9(2)8-17-12-5-4-10(7-14)6-11(12)13(15)16/h4-7H,2-3,8H2,1H3. The van der Waals surface area contributed by atoms with Crippen LogP contribution in [-0.4, -0.2) is 17.8 Å². The van der Waals surface area contributed by atoms with Crippen molar-refractivity contribution in [2.45, 2.75) is 13.3 Å². The van der Waals surface area contributed by atoms with Crippen LogP contribution in [-0.2, 0) is 0 Å². The van der Waals surface area contributed by atoms with Crippen molar-refractivity contribution in [3.63, 3.8) is 0 Å². The number of carbonyl (C=O) groups is 1. The first-order valence-electron chi connectivity index (χ1n) is 5.11. The molecule has 5 nitrogen and oxygen atoms in total. The number of nitrogens with zero attached hydrogens (tertiary/aromatic N) is 1. The van der Waals surface area contributed by atoms with Gasteiger partial charge in [0.2, 0.25) is 0 Å². The molecule has 0 saturated carbocycles. The van der Waals surface area contributed by atoms with Gasteiger partial charge in [-0.25, -0.2) is 0 Å². The van der Waals surface area contributed by atoms with Crippen LogP contribution in [0.25, 0.3) is 0 Å². The highest BCUT2D eigenvalue weighted by Crippen LogP contribution is 2.27. The minimum atomic E-state index is -0.572. The van der Waals surface area contributed by atoms with E-state index in [-0.39, 0.29) is 23.6 Å². The summed E-state index contributed by atoms with van der Waals surface area (Å²) in [6.07, 6.45) is 1.31. The molecule has 0 aliphatic heterocycles. The van der Waals surface area contributed by atoms with Gasteiger partial charge in [-0.2, -0.15) is 0 Å². The van der Waals surface area contributed by atoms with E-state index in [2.05, 4.69) is 6.58 Å². The Hall–Kier alpha value is -2.17. The van der Waals surface area contributed by atoms with Crippen molar-refractivity contribution in [1.29, 1.82) is 0 Å². The molecule has 0 aliphatic rings. The van der Waals surface area contributed by atoms with Crippen LogP contribution >= 0.6 is 0 Å². The number of ether oxygens (including phenoxy) is 1. The molecule has 0 fully saturated rings. The second-order valence-corrected chi connectivity index (χ2v) is 3.49. The molecule has 1 rings (SSSR count). The fourth-order valence-corrected chi connectivity index (χ4v) is 1.15. The average molecular weight is 235 g/mol. The maximum Gasteiger partial charge on any atom is 0.311 e. The third-order valence-corrected chi connectivity index (χ3v) is 2.25. The van der Waals surface area contributed by atoms with E-state index in [1.54, 1.807) is 0 Å². The van der Waals surface area contributed by atoms with Crippen molar-refractivity contribution in [3.05, 3.63) is 46.0 Å². The van der Waals surface area contributed by atoms with Crippen LogP contribution in [0.1, 0.15) is 23.7 Å². The van der Waals surface area contributed by atoms with Crippen LogP contribution in [0.2, 0.25) is 0 Å². The molecule has 90 valence electrons. The van der Waals surface area contributed by atoms with Gasteiger partial charge in [-0.3, -0.25) is 14.9 Å². The zero-order valence-electron chi connectivity index (χ0n) is 9.51. The molecule has 1 aromatic rings. The van der Waals surface area contributed by atoms with Gasteiger partial charge in [0.25, 0.3) is 0 Å². The molecular weight excluding hydrogens is 222 g/mol.